The summed E-state index contributed by atoms with van der Waals surface area (Å²) in [6.45, 7) is 8.99. The summed E-state index contributed by atoms with van der Waals surface area (Å²) in [6, 6.07) is 5.29. The summed E-state index contributed by atoms with van der Waals surface area (Å²) in [4.78, 5) is 14.0. The number of phenolic OH excluding ortho intramolecular Hbond substituents is 1. The minimum atomic E-state index is -0.922. The zero-order chi connectivity index (χ0) is 23.3. The lowest BCUT2D eigenvalue weighted by atomic mass is 9.97. The number of aliphatic hydroxyl groups is 1. The molecule has 174 valence electrons. The normalized spacial score (nSPS) is 12.8. The number of benzene rings is 1. The number of imidazole rings is 1. The number of aryl methyl sites for hydroxylation is 1. The van der Waals surface area contributed by atoms with Gasteiger partial charge in [0, 0.05) is 22.2 Å². The molecule has 0 bridgehead atoms. The Morgan fingerprint density at radius 3 is 2.66 bits per heavy atom. The summed E-state index contributed by atoms with van der Waals surface area (Å²) in [6.07, 6.45) is 5.86. The van der Waals surface area contributed by atoms with Gasteiger partial charge in [-0.1, -0.05) is 26.7 Å². The third-order valence-electron chi connectivity index (χ3n) is 5.52. The zero-order valence-electron chi connectivity index (χ0n) is 19.2. The molecule has 8 nitrogen and oxygen atoms in total. The Hall–Kier alpha value is -2.14. The second-order valence-corrected chi connectivity index (χ2v) is 9.84. The van der Waals surface area contributed by atoms with Gasteiger partial charge in [-0.15, -0.1) is 0 Å². The number of rotatable bonds is 11. The van der Waals surface area contributed by atoms with E-state index in [1.54, 1.807) is 26.2 Å². The molecule has 2 heterocycles. The molecule has 0 amide bonds. The van der Waals surface area contributed by atoms with Crippen molar-refractivity contribution in [2.45, 2.75) is 78.1 Å². The molecule has 2 aromatic heterocycles. The maximum atomic E-state index is 10.5. The van der Waals surface area contributed by atoms with Gasteiger partial charge in [0.1, 0.15) is 5.75 Å². The number of phenols is 1. The van der Waals surface area contributed by atoms with Crippen LogP contribution < -0.4 is 10.6 Å². The second-order valence-electron chi connectivity index (χ2n) is 8.60. The van der Waals surface area contributed by atoms with Crippen molar-refractivity contribution in [2.24, 2.45) is 0 Å². The van der Waals surface area contributed by atoms with Crippen LogP contribution in [0.5, 0.6) is 5.75 Å². The quantitative estimate of drug-likeness (QED) is 0.198. The summed E-state index contributed by atoms with van der Waals surface area (Å²) in [5.41, 5.74) is 1.30. The van der Waals surface area contributed by atoms with Gasteiger partial charge in [-0.25, -0.2) is 4.98 Å². The van der Waals surface area contributed by atoms with Crippen molar-refractivity contribution >= 4 is 45.5 Å². The first-order chi connectivity index (χ1) is 15.2. The molecule has 0 radical (unpaired) electrons. The topological polar surface area (TPSA) is 108 Å². The van der Waals surface area contributed by atoms with Crippen molar-refractivity contribution in [1.82, 2.24) is 19.5 Å². The molecule has 4 N–H and O–H groups in total. The number of nitrogens with zero attached hydrogens (tertiary/aromatic N) is 4. The Labute approximate surface area is 203 Å². The van der Waals surface area contributed by atoms with Crippen LogP contribution in [-0.4, -0.2) is 41.4 Å². The molecule has 32 heavy (non-hydrogen) atoms. The van der Waals surface area contributed by atoms with E-state index in [1.165, 1.54) is 0 Å². The van der Waals surface area contributed by atoms with Crippen LogP contribution in [0.3, 0.4) is 0 Å². The second kappa shape index (κ2) is 10.7. The minimum absolute atomic E-state index is 0.205. The fourth-order valence-electron chi connectivity index (χ4n) is 3.64. The first kappa shape index (κ1) is 24.5. The molecule has 0 aliphatic heterocycles. The molecule has 0 aliphatic carbocycles. The van der Waals surface area contributed by atoms with E-state index in [1.807, 2.05) is 19.1 Å². The third-order valence-corrected chi connectivity index (χ3v) is 6.19. The van der Waals surface area contributed by atoms with E-state index < -0.39 is 5.60 Å². The highest BCUT2D eigenvalue weighted by atomic mass is 127. The van der Waals surface area contributed by atoms with Crippen LogP contribution in [0.2, 0.25) is 0 Å². The molecule has 1 aromatic carbocycles. The summed E-state index contributed by atoms with van der Waals surface area (Å²) >= 11 is 2.23. The Kier molecular flexibility index (Phi) is 8.16. The van der Waals surface area contributed by atoms with Crippen LogP contribution >= 0.6 is 22.6 Å². The first-order valence-electron chi connectivity index (χ1n) is 11.2. The fraction of sp³-hybridized carbons (Fsp3) is 0.522. The Balaban J connectivity index is 1.96. The van der Waals surface area contributed by atoms with Gasteiger partial charge >= 0.3 is 0 Å². The van der Waals surface area contributed by atoms with Crippen molar-refractivity contribution in [3.63, 3.8) is 0 Å². The van der Waals surface area contributed by atoms with Crippen molar-refractivity contribution in [2.75, 3.05) is 10.6 Å². The molecule has 9 heteroatoms. The number of unbranched alkanes of at least 4 members (excludes halogenated alkanes) is 2. The minimum Gasteiger partial charge on any atom is -0.508 e. The Bertz CT molecular complexity index is 1050. The lowest BCUT2D eigenvalue weighted by Gasteiger charge is -2.29. The van der Waals surface area contributed by atoms with Gasteiger partial charge in [-0.3, -0.25) is 0 Å². The molecule has 3 aromatic rings. The Morgan fingerprint density at radius 1 is 1.19 bits per heavy atom. The van der Waals surface area contributed by atoms with Crippen molar-refractivity contribution < 1.29 is 10.2 Å². The van der Waals surface area contributed by atoms with Crippen LogP contribution in [0.4, 0.5) is 11.8 Å². The van der Waals surface area contributed by atoms with Gasteiger partial charge in [0.25, 0.3) is 0 Å². The first-order valence-corrected chi connectivity index (χ1v) is 12.2. The number of aromatic nitrogens is 4. The van der Waals surface area contributed by atoms with Gasteiger partial charge in [0.15, 0.2) is 17.0 Å². The highest BCUT2D eigenvalue weighted by molar-refractivity contribution is 14.1. The number of fused-ring (bicyclic) bond motifs is 1. The Morgan fingerprint density at radius 2 is 1.97 bits per heavy atom. The molecule has 0 saturated heterocycles. The number of halogens is 1. The van der Waals surface area contributed by atoms with E-state index in [0.717, 1.165) is 47.0 Å². The molecule has 0 saturated carbocycles. The molecular weight excluding hydrogens is 519 g/mol. The summed E-state index contributed by atoms with van der Waals surface area (Å²) in [7, 11) is 0. The van der Waals surface area contributed by atoms with Crippen molar-refractivity contribution in [3.05, 3.63) is 33.7 Å². The smallest absolute Gasteiger partial charge is 0.227 e. The van der Waals surface area contributed by atoms with Gasteiger partial charge in [0.2, 0.25) is 5.95 Å². The van der Waals surface area contributed by atoms with Gasteiger partial charge in [-0.05, 0) is 67.5 Å². The van der Waals surface area contributed by atoms with Gasteiger partial charge < -0.3 is 25.4 Å². The van der Waals surface area contributed by atoms with Crippen molar-refractivity contribution in [1.29, 1.82) is 0 Å². The van der Waals surface area contributed by atoms with E-state index in [9.17, 15) is 10.2 Å². The number of nitrogens with one attached hydrogen (secondary N) is 2. The fourth-order valence-corrected chi connectivity index (χ4v) is 4.19. The van der Waals surface area contributed by atoms with Crippen LogP contribution in [0.1, 0.15) is 58.9 Å². The number of aromatic hydroxyl groups is 1. The summed E-state index contributed by atoms with van der Waals surface area (Å²) < 4.78 is 3.10. The van der Waals surface area contributed by atoms with Crippen molar-refractivity contribution in [3.8, 4) is 5.75 Å². The largest absolute Gasteiger partial charge is 0.508 e. The molecule has 0 spiro atoms. The SMILES string of the molecule is CCCCCn1cnc2c(NCc3cc(I)ccc3O)nc(NC(CC)C(C)(C)O)nc21. The monoisotopic (exact) mass is 552 g/mol. The lowest BCUT2D eigenvalue weighted by molar-refractivity contribution is 0.0577. The molecule has 1 atom stereocenters. The van der Waals surface area contributed by atoms with E-state index in [0.29, 0.717) is 23.8 Å². The van der Waals surface area contributed by atoms with Crippen LogP contribution in [0.15, 0.2) is 24.5 Å². The predicted octanol–water partition coefficient (Wildman–Crippen LogP) is 4.90. The summed E-state index contributed by atoms with van der Waals surface area (Å²) in [5, 5.41) is 27.3. The van der Waals surface area contributed by atoms with Crippen LogP contribution in [0, 0.1) is 3.57 Å². The number of hydrogen-bond donors (Lipinski definition) is 4. The third kappa shape index (κ3) is 6.00. The van der Waals surface area contributed by atoms with E-state index in [4.69, 9.17) is 4.98 Å². The number of anilines is 2. The van der Waals surface area contributed by atoms with Gasteiger partial charge in [0.05, 0.1) is 18.0 Å². The average molecular weight is 552 g/mol. The van der Waals surface area contributed by atoms with E-state index in [2.05, 4.69) is 54.7 Å². The van der Waals surface area contributed by atoms with E-state index in [-0.39, 0.29) is 11.8 Å². The van der Waals surface area contributed by atoms with Gasteiger partial charge in [-0.2, -0.15) is 9.97 Å². The molecule has 1 unspecified atom stereocenters. The van der Waals surface area contributed by atoms with Crippen LogP contribution in [-0.2, 0) is 13.1 Å². The zero-order valence-corrected chi connectivity index (χ0v) is 21.3. The number of hydrogen-bond acceptors (Lipinski definition) is 7. The maximum absolute atomic E-state index is 10.5. The standard InChI is InChI=1S/C23H33IN6O2/c1-5-7-8-11-30-14-26-19-20(25-13-15-12-16(24)9-10-17(15)31)28-22(29-21(19)30)27-18(6-2)23(3,4)32/h9-10,12,14,18,31-32H,5-8,11,13H2,1-4H3,(H2,25,27,28,29). The van der Waals surface area contributed by atoms with Crippen LogP contribution in [0.25, 0.3) is 11.2 Å². The predicted molar refractivity (Wildman–Crippen MR) is 137 cm³/mol. The maximum Gasteiger partial charge on any atom is 0.227 e. The highest BCUT2D eigenvalue weighted by Crippen LogP contribution is 2.26. The highest BCUT2D eigenvalue weighted by Gasteiger charge is 2.26. The lowest BCUT2D eigenvalue weighted by Crippen LogP contribution is -2.41. The molecule has 0 aliphatic rings. The molecule has 0 fully saturated rings. The molecular formula is C23H33IN6O2. The van der Waals surface area contributed by atoms with E-state index >= 15 is 0 Å². The molecule has 3 rings (SSSR count). The average Bonchev–Trinajstić information content (AvgIpc) is 3.15. The summed E-state index contributed by atoms with van der Waals surface area (Å²) in [5.74, 6) is 1.27.